The summed E-state index contributed by atoms with van der Waals surface area (Å²) < 4.78 is 77.3. The van der Waals surface area contributed by atoms with Crippen LogP contribution >= 0.6 is 0 Å². The number of benzene rings is 2. The largest absolute Gasteiger partial charge is 0.417 e. The quantitative estimate of drug-likeness (QED) is 0.616. The summed E-state index contributed by atoms with van der Waals surface area (Å²) in [4.78, 5) is 23.8. The van der Waals surface area contributed by atoms with E-state index in [-0.39, 0.29) is 0 Å². The second kappa shape index (κ2) is 7.68. The third kappa shape index (κ3) is 4.99. The topological polar surface area (TPSA) is 58.2 Å². The van der Waals surface area contributed by atoms with Crippen LogP contribution in [0, 0.1) is 0 Å². The Hall–Kier alpha value is -3.04. The lowest BCUT2D eigenvalue weighted by molar-refractivity contribution is -0.138. The van der Waals surface area contributed by atoms with Gasteiger partial charge in [-0.15, -0.1) is 0 Å². The summed E-state index contributed by atoms with van der Waals surface area (Å²) in [7, 11) is 0. The lowest BCUT2D eigenvalue weighted by Crippen LogP contribution is -2.38. The summed E-state index contributed by atoms with van der Waals surface area (Å²) in [5, 5.41) is 4.04. The monoisotopic (exact) mass is 390 g/mol. The molecule has 2 amide bonds. The molecule has 0 saturated carbocycles. The number of hydrogen-bond acceptors (Lipinski definition) is 2. The van der Waals surface area contributed by atoms with Crippen LogP contribution in [0.2, 0.25) is 0 Å². The van der Waals surface area contributed by atoms with Gasteiger partial charge in [-0.2, -0.15) is 26.3 Å². The van der Waals surface area contributed by atoms with Gasteiger partial charge in [-0.1, -0.05) is 24.3 Å². The van der Waals surface area contributed by atoms with Crippen LogP contribution in [-0.2, 0) is 12.4 Å². The van der Waals surface area contributed by atoms with Crippen molar-refractivity contribution in [2.75, 3.05) is 6.67 Å². The number of carbonyl (C=O) groups excluding carboxylic acids is 2. The van der Waals surface area contributed by atoms with Crippen LogP contribution in [0.1, 0.15) is 31.8 Å². The van der Waals surface area contributed by atoms with Crippen molar-refractivity contribution in [3.63, 3.8) is 0 Å². The maximum Gasteiger partial charge on any atom is 0.417 e. The first kappa shape index (κ1) is 20.3. The third-order valence-electron chi connectivity index (χ3n) is 3.45. The summed E-state index contributed by atoms with van der Waals surface area (Å²) in [6, 6.07) is 7.98. The number of carbonyl (C=O) groups is 2. The van der Waals surface area contributed by atoms with Gasteiger partial charge in [0.05, 0.1) is 28.9 Å². The van der Waals surface area contributed by atoms with E-state index in [0.717, 1.165) is 24.3 Å². The highest BCUT2D eigenvalue weighted by atomic mass is 19.4. The van der Waals surface area contributed by atoms with E-state index in [2.05, 4.69) is 0 Å². The highest BCUT2D eigenvalue weighted by Crippen LogP contribution is 2.32. The molecular formula is C17H12F6N2O2. The van der Waals surface area contributed by atoms with Crippen LogP contribution in [0.15, 0.2) is 48.5 Å². The Balaban J connectivity index is 2.06. The first-order valence-corrected chi connectivity index (χ1v) is 7.40. The number of halogens is 6. The molecule has 0 radical (unpaired) electrons. The van der Waals surface area contributed by atoms with Crippen LogP contribution < -0.4 is 10.6 Å². The summed E-state index contributed by atoms with van der Waals surface area (Å²) >= 11 is 0. The van der Waals surface area contributed by atoms with Crippen molar-refractivity contribution in [1.82, 2.24) is 10.6 Å². The van der Waals surface area contributed by atoms with Gasteiger partial charge in [-0.05, 0) is 24.3 Å². The fraction of sp³-hybridized carbons (Fsp3) is 0.176. The predicted octanol–water partition coefficient (Wildman–Crippen LogP) is 3.84. The zero-order valence-corrected chi connectivity index (χ0v) is 13.4. The minimum Gasteiger partial charge on any atom is -0.335 e. The van der Waals surface area contributed by atoms with Crippen LogP contribution in [0.4, 0.5) is 26.3 Å². The highest BCUT2D eigenvalue weighted by molar-refractivity contribution is 5.97. The van der Waals surface area contributed by atoms with Gasteiger partial charge in [0.1, 0.15) is 0 Å². The zero-order chi connectivity index (χ0) is 20.2. The van der Waals surface area contributed by atoms with Crippen LogP contribution in [-0.4, -0.2) is 18.5 Å². The lowest BCUT2D eigenvalue weighted by atomic mass is 10.1. The molecular weight excluding hydrogens is 378 g/mol. The number of alkyl halides is 6. The second-order valence-corrected chi connectivity index (χ2v) is 5.28. The Morgan fingerprint density at radius 1 is 0.667 bits per heavy atom. The standard InChI is InChI=1S/C17H12F6N2O2/c18-16(19,20)12-7-3-1-5-10(12)14(26)24-9-25-15(27)11-6-2-4-8-13(11)17(21,22)23/h1-8H,9H2,(H,24,26)(H,25,27). The van der Waals surface area contributed by atoms with Crippen molar-refractivity contribution in [1.29, 1.82) is 0 Å². The van der Waals surface area contributed by atoms with Crippen LogP contribution in [0.25, 0.3) is 0 Å². The fourth-order valence-corrected chi connectivity index (χ4v) is 2.25. The van der Waals surface area contributed by atoms with Gasteiger partial charge in [0, 0.05) is 0 Å². The third-order valence-corrected chi connectivity index (χ3v) is 3.45. The van der Waals surface area contributed by atoms with E-state index in [1.807, 2.05) is 10.6 Å². The molecule has 2 N–H and O–H groups in total. The van der Waals surface area contributed by atoms with E-state index in [9.17, 15) is 35.9 Å². The first-order valence-electron chi connectivity index (χ1n) is 7.40. The Kier molecular flexibility index (Phi) is 5.77. The molecule has 27 heavy (non-hydrogen) atoms. The van der Waals surface area contributed by atoms with Gasteiger partial charge in [0.2, 0.25) is 0 Å². The molecule has 0 heterocycles. The molecule has 2 aromatic rings. The Morgan fingerprint density at radius 3 is 1.33 bits per heavy atom. The molecule has 0 saturated heterocycles. The average Bonchev–Trinajstić information content (AvgIpc) is 2.60. The first-order chi connectivity index (χ1) is 12.5. The minimum absolute atomic E-state index is 0.657. The summed E-state index contributed by atoms with van der Waals surface area (Å²) in [5.41, 5.74) is -3.68. The van der Waals surface area contributed by atoms with Crippen LogP contribution in [0.3, 0.4) is 0 Å². The number of rotatable bonds is 4. The zero-order valence-electron chi connectivity index (χ0n) is 13.4. The van der Waals surface area contributed by atoms with E-state index in [1.165, 1.54) is 12.1 Å². The van der Waals surface area contributed by atoms with Gasteiger partial charge in [0.25, 0.3) is 11.8 Å². The highest BCUT2D eigenvalue weighted by Gasteiger charge is 2.36. The molecule has 2 rings (SSSR count). The van der Waals surface area contributed by atoms with Gasteiger partial charge < -0.3 is 10.6 Å². The van der Waals surface area contributed by atoms with E-state index in [0.29, 0.717) is 12.1 Å². The molecule has 4 nitrogen and oxygen atoms in total. The smallest absolute Gasteiger partial charge is 0.335 e. The molecule has 2 aromatic carbocycles. The van der Waals surface area contributed by atoms with Gasteiger partial charge in [-0.3, -0.25) is 9.59 Å². The van der Waals surface area contributed by atoms with Gasteiger partial charge >= 0.3 is 12.4 Å². The Bertz CT molecular complexity index is 776. The van der Waals surface area contributed by atoms with Gasteiger partial charge in [0.15, 0.2) is 0 Å². The summed E-state index contributed by atoms with van der Waals surface area (Å²) in [6.07, 6.45) is -9.52. The maximum absolute atomic E-state index is 12.9. The van der Waals surface area contributed by atoms with Crippen molar-refractivity contribution in [2.45, 2.75) is 12.4 Å². The fourth-order valence-electron chi connectivity index (χ4n) is 2.25. The molecule has 0 bridgehead atoms. The molecule has 0 atom stereocenters. The number of amides is 2. The average molecular weight is 390 g/mol. The van der Waals surface area contributed by atoms with Crippen molar-refractivity contribution in [3.05, 3.63) is 70.8 Å². The van der Waals surface area contributed by atoms with E-state index in [4.69, 9.17) is 0 Å². The molecule has 10 heteroatoms. The second-order valence-electron chi connectivity index (χ2n) is 5.28. The molecule has 0 aliphatic rings. The Morgan fingerprint density at radius 2 is 1.00 bits per heavy atom. The molecule has 144 valence electrons. The summed E-state index contributed by atoms with van der Waals surface area (Å²) in [5.74, 6) is -2.26. The molecule has 0 fully saturated rings. The van der Waals surface area contributed by atoms with E-state index >= 15 is 0 Å². The molecule has 0 unspecified atom stereocenters. The van der Waals surface area contributed by atoms with Crippen molar-refractivity contribution < 1.29 is 35.9 Å². The summed E-state index contributed by atoms with van der Waals surface area (Å²) in [6.45, 7) is -0.657. The Labute approximate surface area is 149 Å². The minimum atomic E-state index is -4.76. The maximum atomic E-state index is 12.9. The van der Waals surface area contributed by atoms with Gasteiger partial charge in [-0.25, -0.2) is 0 Å². The lowest BCUT2D eigenvalue weighted by Gasteiger charge is -2.14. The molecule has 0 aromatic heterocycles. The SMILES string of the molecule is O=C(NCNC(=O)c1ccccc1C(F)(F)F)c1ccccc1C(F)(F)F. The number of nitrogens with one attached hydrogen (secondary N) is 2. The van der Waals surface area contributed by atoms with E-state index in [1.54, 1.807) is 0 Å². The molecule has 0 aliphatic carbocycles. The predicted molar refractivity (Wildman–Crippen MR) is 82.7 cm³/mol. The van der Waals surface area contributed by atoms with E-state index < -0.39 is 53.1 Å². The van der Waals surface area contributed by atoms with Crippen molar-refractivity contribution >= 4 is 11.8 Å². The van der Waals surface area contributed by atoms with Crippen molar-refractivity contribution in [3.8, 4) is 0 Å². The molecule has 0 spiro atoms. The number of hydrogen-bond donors (Lipinski definition) is 2. The van der Waals surface area contributed by atoms with Crippen LogP contribution in [0.5, 0.6) is 0 Å². The molecule has 0 aliphatic heterocycles. The normalized spacial score (nSPS) is 11.8. The van der Waals surface area contributed by atoms with Crippen molar-refractivity contribution in [2.24, 2.45) is 0 Å².